The van der Waals surface area contributed by atoms with Crippen LogP contribution in [0.2, 0.25) is 0 Å². The van der Waals surface area contributed by atoms with Crippen molar-refractivity contribution in [1.29, 1.82) is 0 Å². The average molecular weight is 452 g/mol. The number of likely N-dealkylation sites (N-methyl/N-ethyl adjacent to an activating group) is 1. The van der Waals surface area contributed by atoms with Crippen LogP contribution in [0.3, 0.4) is 0 Å². The molecular formula is C25H26FN3O2S. The van der Waals surface area contributed by atoms with E-state index in [0.29, 0.717) is 17.8 Å². The van der Waals surface area contributed by atoms with Gasteiger partial charge in [-0.3, -0.25) is 9.59 Å². The van der Waals surface area contributed by atoms with E-state index in [1.54, 1.807) is 12.1 Å². The number of nitrogens with zero attached hydrogens (tertiary/aromatic N) is 1. The summed E-state index contributed by atoms with van der Waals surface area (Å²) in [5.74, 6) is -0.643. The normalized spacial score (nSPS) is 11.8. The van der Waals surface area contributed by atoms with Crippen molar-refractivity contribution in [3.05, 3.63) is 95.8 Å². The van der Waals surface area contributed by atoms with E-state index in [9.17, 15) is 14.0 Å². The highest BCUT2D eigenvalue weighted by molar-refractivity contribution is 8.00. The van der Waals surface area contributed by atoms with E-state index in [1.165, 1.54) is 36.0 Å². The largest absolute Gasteiger partial charge is 0.350 e. The van der Waals surface area contributed by atoms with Crippen molar-refractivity contribution in [2.75, 3.05) is 31.7 Å². The maximum atomic E-state index is 13.0. The SMILES string of the molecule is CN(C)[C@H](CNC(=O)c1ccccc1SCC(=O)Nc1ccc(F)cc1)c1ccccc1. The maximum absolute atomic E-state index is 13.0. The van der Waals surface area contributed by atoms with Gasteiger partial charge in [0.1, 0.15) is 5.82 Å². The summed E-state index contributed by atoms with van der Waals surface area (Å²) < 4.78 is 13.0. The van der Waals surface area contributed by atoms with Crippen molar-refractivity contribution < 1.29 is 14.0 Å². The first kappa shape index (κ1) is 23.5. The third kappa shape index (κ3) is 6.67. The number of hydrogen-bond donors (Lipinski definition) is 2. The monoisotopic (exact) mass is 451 g/mol. The van der Waals surface area contributed by atoms with Gasteiger partial charge in [0.15, 0.2) is 0 Å². The first-order chi connectivity index (χ1) is 15.4. The molecule has 1 atom stereocenters. The number of anilines is 1. The van der Waals surface area contributed by atoms with Crippen LogP contribution < -0.4 is 10.6 Å². The Hall–Kier alpha value is -3.16. The lowest BCUT2D eigenvalue weighted by molar-refractivity contribution is -0.113. The van der Waals surface area contributed by atoms with E-state index in [1.807, 2.05) is 56.6 Å². The molecule has 0 fully saturated rings. The highest BCUT2D eigenvalue weighted by Gasteiger charge is 2.17. The van der Waals surface area contributed by atoms with Gasteiger partial charge in [0.25, 0.3) is 5.91 Å². The van der Waals surface area contributed by atoms with Crippen LogP contribution in [-0.4, -0.2) is 43.1 Å². The Kier molecular flexibility index (Phi) is 8.41. The second kappa shape index (κ2) is 11.5. The molecule has 166 valence electrons. The Morgan fingerprint density at radius 2 is 1.59 bits per heavy atom. The van der Waals surface area contributed by atoms with Crippen molar-refractivity contribution >= 4 is 29.3 Å². The fourth-order valence-corrected chi connectivity index (χ4v) is 4.06. The lowest BCUT2D eigenvalue weighted by Crippen LogP contribution is -2.34. The van der Waals surface area contributed by atoms with E-state index in [-0.39, 0.29) is 29.4 Å². The number of amides is 2. The van der Waals surface area contributed by atoms with Crippen LogP contribution in [0.4, 0.5) is 10.1 Å². The summed E-state index contributed by atoms with van der Waals surface area (Å²) in [6.45, 7) is 0.458. The smallest absolute Gasteiger partial charge is 0.252 e. The molecule has 0 saturated heterocycles. The number of nitrogens with one attached hydrogen (secondary N) is 2. The molecule has 0 unspecified atom stereocenters. The Morgan fingerprint density at radius 1 is 0.938 bits per heavy atom. The molecule has 32 heavy (non-hydrogen) atoms. The van der Waals surface area contributed by atoms with Crippen molar-refractivity contribution in [3.8, 4) is 0 Å². The summed E-state index contributed by atoms with van der Waals surface area (Å²) in [5, 5.41) is 5.75. The van der Waals surface area contributed by atoms with E-state index in [0.717, 1.165) is 10.5 Å². The molecule has 0 saturated carbocycles. The van der Waals surface area contributed by atoms with Gasteiger partial charge in [0, 0.05) is 17.1 Å². The minimum atomic E-state index is -0.360. The number of rotatable bonds is 9. The van der Waals surface area contributed by atoms with Gasteiger partial charge in [-0.2, -0.15) is 0 Å². The van der Waals surface area contributed by atoms with Crippen LogP contribution in [0.15, 0.2) is 83.8 Å². The molecule has 2 amide bonds. The lowest BCUT2D eigenvalue weighted by atomic mass is 10.1. The molecule has 5 nitrogen and oxygen atoms in total. The molecule has 0 aromatic heterocycles. The van der Waals surface area contributed by atoms with Gasteiger partial charge >= 0.3 is 0 Å². The summed E-state index contributed by atoms with van der Waals surface area (Å²) >= 11 is 1.29. The van der Waals surface area contributed by atoms with Crippen LogP contribution in [0, 0.1) is 5.82 Å². The summed E-state index contributed by atoms with van der Waals surface area (Å²) in [6.07, 6.45) is 0. The standard InChI is InChI=1S/C25H26FN3O2S/c1-29(2)22(18-8-4-3-5-9-18)16-27-25(31)21-10-6-7-11-23(21)32-17-24(30)28-20-14-12-19(26)13-15-20/h3-15,22H,16-17H2,1-2H3,(H,27,31)(H,28,30)/t22-/m1/s1. The molecule has 0 radical (unpaired) electrons. The Labute approximate surface area is 192 Å². The van der Waals surface area contributed by atoms with Gasteiger partial charge in [-0.05, 0) is 56.1 Å². The molecule has 3 aromatic carbocycles. The van der Waals surface area contributed by atoms with Crippen LogP contribution in [0.1, 0.15) is 22.0 Å². The van der Waals surface area contributed by atoms with Crippen LogP contribution in [0.25, 0.3) is 0 Å². The molecule has 7 heteroatoms. The second-order valence-electron chi connectivity index (χ2n) is 7.44. The number of thioether (sulfide) groups is 1. The zero-order valence-electron chi connectivity index (χ0n) is 18.0. The summed E-state index contributed by atoms with van der Waals surface area (Å²) in [4.78, 5) is 28.0. The van der Waals surface area contributed by atoms with E-state index >= 15 is 0 Å². The van der Waals surface area contributed by atoms with E-state index in [2.05, 4.69) is 15.5 Å². The minimum absolute atomic E-state index is 0.0430. The number of carbonyl (C=O) groups excluding carboxylic acids is 2. The molecule has 2 N–H and O–H groups in total. The molecule has 3 aromatic rings. The molecule has 0 aliphatic rings. The molecule has 0 aliphatic carbocycles. The second-order valence-corrected chi connectivity index (χ2v) is 8.46. The maximum Gasteiger partial charge on any atom is 0.252 e. The van der Waals surface area contributed by atoms with Crippen molar-refractivity contribution in [2.24, 2.45) is 0 Å². The fraction of sp³-hybridized carbons (Fsp3) is 0.200. The predicted octanol–water partition coefficient (Wildman–Crippen LogP) is 4.59. The minimum Gasteiger partial charge on any atom is -0.350 e. The molecular weight excluding hydrogens is 425 g/mol. The average Bonchev–Trinajstić information content (AvgIpc) is 2.80. The van der Waals surface area contributed by atoms with Crippen molar-refractivity contribution in [2.45, 2.75) is 10.9 Å². The van der Waals surface area contributed by atoms with Gasteiger partial charge in [-0.25, -0.2) is 4.39 Å². The van der Waals surface area contributed by atoms with Gasteiger partial charge in [0.2, 0.25) is 5.91 Å². The van der Waals surface area contributed by atoms with Crippen LogP contribution in [0.5, 0.6) is 0 Å². The van der Waals surface area contributed by atoms with Crippen LogP contribution >= 0.6 is 11.8 Å². The van der Waals surface area contributed by atoms with Gasteiger partial charge in [-0.1, -0.05) is 42.5 Å². The van der Waals surface area contributed by atoms with E-state index < -0.39 is 0 Å². The highest BCUT2D eigenvalue weighted by atomic mass is 32.2. The first-order valence-corrected chi connectivity index (χ1v) is 11.2. The Bertz CT molecular complexity index is 1040. The molecule has 3 rings (SSSR count). The third-order valence-electron chi connectivity index (χ3n) is 4.88. The van der Waals surface area contributed by atoms with Crippen molar-refractivity contribution in [3.63, 3.8) is 0 Å². The third-order valence-corrected chi connectivity index (χ3v) is 5.96. The Morgan fingerprint density at radius 3 is 2.28 bits per heavy atom. The summed E-state index contributed by atoms with van der Waals surface area (Å²) in [6, 6.07) is 22.9. The summed E-state index contributed by atoms with van der Waals surface area (Å²) in [7, 11) is 3.96. The number of carbonyl (C=O) groups is 2. The Balaban J connectivity index is 1.60. The highest BCUT2D eigenvalue weighted by Crippen LogP contribution is 2.24. The number of hydrogen-bond acceptors (Lipinski definition) is 4. The molecule has 0 spiro atoms. The van der Waals surface area contributed by atoms with Crippen LogP contribution in [-0.2, 0) is 4.79 Å². The first-order valence-electron chi connectivity index (χ1n) is 10.2. The molecule has 0 aliphatic heterocycles. The lowest BCUT2D eigenvalue weighted by Gasteiger charge is -2.25. The topological polar surface area (TPSA) is 61.4 Å². The fourth-order valence-electron chi connectivity index (χ4n) is 3.21. The van der Waals surface area contributed by atoms with Gasteiger partial charge in [-0.15, -0.1) is 11.8 Å². The van der Waals surface area contributed by atoms with Gasteiger partial charge < -0.3 is 15.5 Å². The van der Waals surface area contributed by atoms with Crippen molar-refractivity contribution in [1.82, 2.24) is 10.2 Å². The zero-order chi connectivity index (χ0) is 22.9. The molecule has 0 bridgehead atoms. The predicted molar refractivity (Wildman–Crippen MR) is 127 cm³/mol. The molecule has 0 heterocycles. The van der Waals surface area contributed by atoms with Gasteiger partial charge in [0.05, 0.1) is 17.4 Å². The number of halogens is 1. The summed E-state index contributed by atoms with van der Waals surface area (Å²) in [5.41, 5.74) is 2.18. The number of benzene rings is 3. The quantitative estimate of drug-likeness (QED) is 0.467. The zero-order valence-corrected chi connectivity index (χ0v) is 18.9. The van der Waals surface area contributed by atoms with E-state index in [4.69, 9.17) is 0 Å².